The van der Waals surface area contributed by atoms with Crippen molar-refractivity contribution in [1.29, 1.82) is 0 Å². The summed E-state index contributed by atoms with van der Waals surface area (Å²) in [6.45, 7) is 1.88. The molecule has 1 aromatic carbocycles. The molecule has 0 aliphatic carbocycles. The Balaban J connectivity index is 2.76. The third-order valence-corrected chi connectivity index (χ3v) is 2.04. The smallest absolute Gasteiger partial charge is 0.312 e. The summed E-state index contributed by atoms with van der Waals surface area (Å²) in [4.78, 5) is 23.0. The van der Waals surface area contributed by atoms with Crippen LogP contribution < -0.4 is 0 Å². The van der Waals surface area contributed by atoms with Gasteiger partial charge in [0.25, 0.3) is 0 Å². The maximum absolute atomic E-state index is 11.8. The van der Waals surface area contributed by atoms with Crippen molar-refractivity contribution in [2.75, 3.05) is 6.61 Å². The summed E-state index contributed by atoms with van der Waals surface area (Å²) >= 11 is 0. The van der Waals surface area contributed by atoms with Crippen molar-refractivity contribution < 1.29 is 19.5 Å². The van der Waals surface area contributed by atoms with Crippen LogP contribution in [0.3, 0.4) is 0 Å². The van der Waals surface area contributed by atoms with E-state index >= 15 is 0 Å². The second-order valence-electron chi connectivity index (χ2n) is 3.22. The Hall–Kier alpha value is -2.17. The van der Waals surface area contributed by atoms with Gasteiger partial charge in [0.1, 0.15) is 5.71 Å². The van der Waals surface area contributed by atoms with Crippen LogP contribution in [0.25, 0.3) is 0 Å². The molecule has 0 heterocycles. The SMILES string of the molecule is CCOC(=O)C/C(=N\O)C(=O)c1ccccc1. The predicted molar refractivity (Wildman–Crippen MR) is 61.2 cm³/mol. The fourth-order valence-corrected chi connectivity index (χ4v) is 1.27. The first-order valence-corrected chi connectivity index (χ1v) is 5.15. The second kappa shape index (κ2) is 6.42. The number of hydrogen-bond donors (Lipinski definition) is 1. The molecule has 0 saturated carbocycles. The van der Waals surface area contributed by atoms with Crippen LogP contribution >= 0.6 is 0 Å². The molecular weight excluding hydrogens is 222 g/mol. The molecule has 0 atom stereocenters. The first kappa shape index (κ1) is 12.9. The normalized spacial score (nSPS) is 11.0. The van der Waals surface area contributed by atoms with Crippen molar-refractivity contribution in [2.45, 2.75) is 13.3 Å². The van der Waals surface area contributed by atoms with Gasteiger partial charge in [0.05, 0.1) is 13.0 Å². The van der Waals surface area contributed by atoms with Gasteiger partial charge in [-0.15, -0.1) is 0 Å². The first-order valence-electron chi connectivity index (χ1n) is 5.15. The molecular formula is C12H13NO4. The lowest BCUT2D eigenvalue weighted by Gasteiger charge is -2.03. The number of Topliss-reactive ketones (excluding diaryl/α,β-unsaturated/α-hetero) is 1. The Morgan fingerprint density at radius 2 is 1.94 bits per heavy atom. The van der Waals surface area contributed by atoms with Gasteiger partial charge in [-0.05, 0) is 6.92 Å². The Morgan fingerprint density at radius 1 is 1.29 bits per heavy atom. The van der Waals surface area contributed by atoms with Crippen molar-refractivity contribution in [1.82, 2.24) is 0 Å². The lowest BCUT2D eigenvalue weighted by atomic mass is 10.1. The summed E-state index contributed by atoms with van der Waals surface area (Å²) in [5, 5.41) is 11.6. The molecule has 1 N–H and O–H groups in total. The molecule has 0 unspecified atom stereocenters. The molecule has 0 amide bonds. The number of hydrogen-bond acceptors (Lipinski definition) is 5. The number of esters is 1. The third kappa shape index (κ3) is 3.71. The van der Waals surface area contributed by atoms with E-state index in [1.54, 1.807) is 37.3 Å². The van der Waals surface area contributed by atoms with Gasteiger partial charge >= 0.3 is 5.97 Å². The Bertz CT molecular complexity index is 425. The lowest BCUT2D eigenvalue weighted by Crippen LogP contribution is -2.20. The molecule has 0 radical (unpaired) electrons. The average molecular weight is 235 g/mol. The first-order chi connectivity index (χ1) is 8.19. The molecule has 0 spiro atoms. The fourth-order valence-electron chi connectivity index (χ4n) is 1.27. The highest BCUT2D eigenvalue weighted by Crippen LogP contribution is 2.04. The average Bonchev–Trinajstić information content (AvgIpc) is 2.36. The van der Waals surface area contributed by atoms with E-state index in [0.29, 0.717) is 5.56 Å². The molecule has 5 nitrogen and oxygen atoms in total. The van der Waals surface area contributed by atoms with Crippen LogP contribution in [0.1, 0.15) is 23.7 Å². The van der Waals surface area contributed by atoms with Crippen LogP contribution in [0, 0.1) is 0 Å². The van der Waals surface area contributed by atoms with E-state index in [0.717, 1.165) is 0 Å². The van der Waals surface area contributed by atoms with Gasteiger partial charge < -0.3 is 9.94 Å². The standard InChI is InChI=1S/C12H13NO4/c1-2-17-11(14)8-10(13-16)12(15)9-6-4-3-5-7-9/h3-7,16H,2,8H2,1H3/b13-10+. The molecule has 1 aromatic rings. The van der Waals surface area contributed by atoms with Crippen molar-refractivity contribution in [2.24, 2.45) is 5.16 Å². The number of nitrogens with zero attached hydrogens (tertiary/aromatic N) is 1. The van der Waals surface area contributed by atoms with Gasteiger partial charge in [-0.2, -0.15) is 0 Å². The fraction of sp³-hybridized carbons (Fsp3) is 0.250. The summed E-state index contributed by atoms with van der Waals surface area (Å²) < 4.78 is 4.68. The predicted octanol–water partition coefficient (Wildman–Crippen LogP) is 1.65. The van der Waals surface area contributed by atoms with E-state index < -0.39 is 11.8 Å². The van der Waals surface area contributed by atoms with Crippen LogP contribution in [0.2, 0.25) is 0 Å². The van der Waals surface area contributed by atoms with Gasteiger partial charge in [-0.3, -0.25) is 9.59 Å². The summed E-state index contributed by atoms with van der Waals surface area (Å²) in [6, 6.07) is 8.30. The van der Waals surface area contributed by atoms with E-state index in [1.165, 1.54) is 0 Å². The van der Waals surface area contributed by atoms with Gasteiger partial charge in [0.15, 0.2) is 0 Å². The highest BCUT2D eigenvalue weighted by Gasteiger charge is 2.18. The molecule has 1 rings (SSSR count). The van der Waals surface area contributed by atoms with Gasteiger partial charge in [0.2, 0.25) is 5.78 Å². The van der Waals surface area contributed by atoms with Gasteiger partial charge in [0, 0.05) is 5.56 Å². The van der Waals surface area contributed by atoms with Gasteiger partial charge in [-0.25, -0.2) is 0 Å². The number of rotatable bonds is 5. The molecule has 0 aliphatic rings. The molecule has 90 valence electrons. The molecule has 17 heavy (non-hydrogen) atoms. The van der Waals surface area contributed by atoms with E-state index in [-0.39, 0.29) is 18.7 Å². The van der Waals surface area contributed by atoms with Crippen LogP contribution in [0.4, 0.5) is 0 Å². The zero-order chi connectivity index (χ0) is 12.7. The quantitative estimate of drug-likeness (QED) is 0.277. The third-order valence-electron chi connectivity index (χ3n) is 2.04. The van der Waals surface area contributed by atoms with Gasteiger partial charge in [-0.1, -0.05) is 35.5 Å². The highest BCUT2D eigenvalue weighted by atomic mass is 16.5. The minimum Gasteiger partial charge on any atom is -0.466 e. The summed E-state index contributed by atoms with van der Waals surface area (Å²) in [7, 11) is 0. The minimum absolute atomic E-state index is 0.219. The summed E-state index contributed by atoms with van der Waals surface area (Å²) in [6.07, 6.45) is -0.335. The summed E-state index contributed by atoms with van der Waals surface area (Å²) in [5.41, 5.74) is 0.138. The van der Waals surface area contributed by atoms with Crippen molar-refractivity contribution in [3.63, 3.8) is 0 Å². The van der Waals surface area contributed by atoms with Crippen molar-refractivity contribution in [3.8, 4) is 0 Å². The van der Waals surface area contributed by atoms with Crippen LogP contribution in [-0.4, -0.2) is 29.3 Å². The van der Waals surface area contributed by atoms with Crippen molar-refractivity contribution >= 4 is 17.5 Å². The minimum atomic E-state index is -0.593. The van der Waals surface area contributed by atoms with Crippen LogP contribution in [-0.2, 0) is 9.53 Å². The Kier molecular flexibility index (Phi) is 4.87. The zero-order valence-electron chi connectivity index (χ0n) is 9.42. The second-order valence-corrected chi connectivity index (χ2v) is 3.22. The monoisotopic (exact) mass is 235 g/mol. The molecule has 0 aromatic heterocycles. The van der Waals surface area contributed by atoms with E-state index in [2.05, 4.69) is 9.89 Å². The Labute approximate surface area is 98.7 Å². The maximum atomic E-state index is 11.8. The zero-order valence-corrected chi connectivity index (χ0v) is 9.42. The molecule has 0 saturated heterocycles. The number of carbonyl (C=O) groups is 2. The number of ether oxygens (including phenoxy) is 1. The van der Waals surface area contributed by atoms with E-state index in [1.807, 2.05) is 0 Å². The lowest BCUT2D eigenvalue weighted by molar-refractivity contribution is -0.141. The van der Waals surface area contributed by atoms with Crippen molar-refractivity contribution in [3.05, 3.63) is 35.9 Å². The Morgan fingerprint density at radius 3 is 2.47 bits per heavy atom. The number of oxime groups is 1. The molecule has 0 fully saturated rings. The highest BCUT2D eigenvalue weighted by molar-refractivity contribution is 6.47. The van der Waals surface area contributed by atoms with E-state index in [4.69, 9.17) is 5.21 Å². The molecule has 0 bridgehead atoms. The number of benzene rings is 1. The topological polar surface area (TPSA) is 76.0 Å². The molecule has 0 aliphatic heterocycles. The van der Waals surface area contributed by atoms with E-state index in [9.17, 15) is 9.59 Å². The van der Waals surface area contributed by atoms with Crippen LogP contribution in [0.15, 0.2) is 35.5 Å². The summed E-state index contributed by atoms with van der Waals surface area (Å²) in [5.74, 6) is -1.08. The molecule has 5 heteroatoms. The largest absolute Gasteiger partial charge is 0.466 e. The number of carbonyl (C=O) groups excluding carboxylic acids is 2. The number of ketones is 1. The maximum Gasteiger partial charge on any atom is 0.312 e. The van der Waals surface area contributed by atoms with Crippen LogP contribution in [0.5, 0.6) is 0 Å².